The molecule has 1 rings (SSSR count). The third kappa shape index (κ3) is 2.68. The van der Waals surface area contributed by atoms with E-state index in [0.29, 0.717) is 19.3 Å². The minimum Gasteiger partial charge on any atom is -0.369 e. The van der Waals surface area contributed by atoms with Gasteiger partial charge in [-0.05, 0) is 19.3 Å². The van der Waals surface area contributed by atoms with Crippen LogP contribution in [-0.2, 0) is 14.8 Å². The molecule has 0 aromatic rings. The molecule has 0 aliphatic heterocycles. The maximum Gasteiger partial charge on any atom is 0.223 e. The highest BCUT2D eigenvalue weighted by molar-refractivity contribution is 7.88. The molecule has 2 unspecified atom stereocenters. The standard InChI is InChI=1S/C8H16N2O3S/c1-8(7(9)11)4-3-6(5-8)10-14(2,12)13/h6,10H,3-5H2,1-2H3,(H2,9,11). The molecule has 14 heavy (non-hydrogen) atoms. The van der Waals surface area contributed by atoms with Gasteiger partial charge < -0.3 is 5.73 Å². The number of carbonyl (C=O) groups excluding carboxylic acids is 1. The molecule has 82 valence electrons. The SMILES string of the molecule is CC1(C(N)=O)CCC(NS(C)(=O)=O)C1. The molecule has 0 saturated heterocycles. The van der Waals surface area contributed by atoms with Crippen LogP contribution in [0.5, 0.6) is 0 Å². The van der Waals surface area contributed by atoms with Crippen molar-refractivity contribution in [1.29, 1.82) is 0 Å². The third-order valence-electron chi connectivity index (χ3n) is 2.72. The molecule has 0 spiro atoms. The molecule has 0 radical (unpaired) electrons. The van der Waals surface area contributed by atoms with E-state index in [1.807, 2.05) is 0 Å². The van der Waals surface area contributed by atoms with Gasteiger partial charge in [-0.25, -0.2) is 13.1 Å². The number of hydrogen-bond donors (Lipinski definition) is 2. The Morgan fingerprint density at radius 3 is 2.50 bits per heavy atom. The summed E-state index contributed by atoms with van der Waals surface area (Å²) in [7, 11) is -3.19. The molecule has 0 heterocycles. The molecule has 1 aliphatic carbocycles. The van der Waals surface area contributed by atoms with Crippen LogP contribution < -0.4 is 10.5 Å². The van der Waals surface area contributed by atoms with E-state index in [2.05, 4.69) is 4.72 Å². The summed E-state index contributed by atoms with van der Waals surface area (Å²) in [5, 5.41) is 0. The number of hydrogen-bond acceptors (Lipinski definition) is 3. The lowest BCUT2D eigenvalue weighted by atomic mass is 9.88. The summed E-state index contributed by atoms with van der Waals surface area (Å²) in [6, 6.07) is -0.150. The Balaban J connectivity index is 2.62. The maximum absolute atomic E-state index is 11.1. The lowest BCUT2D eigenvalue weighted by Crippen LogP contribution is -2.36. The van der Waals surface area contributed by atoms with Crippen LogP contribution in [0.15, 0.2) is 0 Å². The van der Waals surface area contributed by atoms with Crippen molar-refractivity contribution < 1.29 is 13.2 Å². The monoisotopic (exact) mass is 220 g/mol. The van der Waals surface area contributed by atoms with E-state index in [0.717, 1.165) is 6.26 Å². The van der Waals surface area contributed by atoms with Crippen molar-refractivity contribution in [2.75, 3.05) is 6.26 Å². The Labute approximate surface area is 84.1 Å². The maximum atomic E-state index is 11.1. The van der Waals surface area contributed by atoms with Crippen molar-refractivity contribution in [1.82, 2.24) is 4.72 Å². The van der Waals surface area contributed by atoms with E-state index in [9.17, 15) is 13.2 Å². The summed E-state index contributed by atoms with van der Waals surface area (Å²) in [5.74, 6) is -0.352. The van der Waals surface area contributed by atoms with Crippen LogP contribution in [0, 0.1) is 5.41 Å². The number of nitrogens with two attached hydrogens (primary N) is 1. The molecule has 1 fully saturated rings. The lowest BCUT2D eigenvalue weighted by molar-refractivity contribution is -0.126. The van der Waals surface area contributed by atoms with Gasteiger partial charge in [0.2, 0.25) is 15.9 Å². The Bertz CT molecular complexity index is 338. The second kappa shape index (κ2) is 3.51. The summed E-state index contributed by atoms with van der Waals surface area (Å²) >= 11 is 0. The second-order valence-electron chi connectivity index (χ2n) is 4.25. The Morgan fingerprint density at radius 1 is 1.57 bits per heavy atom. The Kier molecular flexibility index (Phi) is 2.87. The van der Waals surface area contributed by atoms with Crippen LogP contribution in [-0.4, -0.2) is 26.6 Å². The molecule has 0 aromatic heterocycles. The predicted molar refractivity (Wildman–Crippen MR) is 52.9 cm³/mol. The van der Waals surface area contributed by atoms with Gasteiger partial charge in [0.1, 0.15) is 0 Å². The lowest BCUT2D eigenvalue weighted by Gasteiger charge is -2.19. The normalized spacial score (nSPS) is 33.1. The van der Waals surface area contributed by atoms with Gasteiger partial charge in [0, 0.05) is 11.5 Å². The molecule has 1 saturated carbocycles. The zero-order chi connectivity index (χ0) is 11.0. The Morgan fingerprint density at radius 2 is 2.14 bits per heavy atom. The second-order valence-corrected chi connectivity index (χ2v) is 6.03. The van der Waals surface area contributed by atoms with Gasteiger partial charge in [-0.15, -0.1) is 0 Å². The van der Waals surface area contributed by atoms with Gasteiger partial charge in [0.15, 0.2) is 0 Å². The van der Waals surface area contributed by atoms with E-state index < -0.39 is 15.4 Å². The average molecular weight is 220 g/mol. The quantitative estimate of drug-likeness (QED) is 0.677. The highest BCUT2D eigenvalue weighted by Crippen LogP contribution is 2.37. The molecule has 1 amide bonds. The van der Waals surface area contributed by atoms with Crippen molar-refractivity contribution >= 4 is 15.9 Å². The molecule has 0 aromatic carbocycles. The smallest absolute Gasteiger partial charge is 0.223 e. The molecular formula is C8H16N2O3S. The van der Waals surface area contributed by atoms with Gasteiger partial charge in [-0.1, -0.05) is 6.92 Å². The van der Waals surface area contributed by atoms with Crippen LogP contribution >= 0.6 is 0 Å². The van der Waals surface area contributed by atoms with Gasteiger partial charge >= 0.3 is 0 Å². The highest BCUT2D eigenvalue weighted by Gasteiger charge is 2.40. The number of carbonyl (C=O) groups is 1. The van der Waals surface area contributed by atoms with E-state index in [1.54, 1.807) is 6.92 Å². The minimum atomic E-state index is -3.19. The first kappa shape index (κ1) is 11.5. The number of nitrogens with one attached hydrogen (secondary N) is 1. The molecule has 1 aliphatic rings. The van der Waals surface area contributed by atoms with Crippen molar-refractivity contribution in [2.45, 2.75) is 32.2 Å². The minimum absolute atomic E-state index is 0.150. The third-order valence-corrected chi connectivity index (χ3v) is 3.48. The number of rotatable bonds is 3. The van der Waals surface area contributed by atoms with E-state index in [-0.39, 0.29) is 11.9 Å². The Hall–Kier alpha value is -0.620. The first-order valence-electron chi connectivity index (χ1n) is 4.50. The van der Waals surface area contributed by atoms with Crippen molar-refractivity contribution in [3.63, 3.8) is 0 Å². The van der Waals surface area contributed by atoms with Gasteiger partial charge in [-0.2, -0.15) is 0 Å². The number of amides is 1. The number of primary amides is 1. The first-order chi connectivity index (χ1) is 6.23. The van der Waals surface area contributed by atoms with Crippen molar-refractivity contribution in [3.8, 4) is 0 Å². The fourth-order valence-corrected chi connectivity index (χ4v) is 2.67. The summed E-state index contributed by atoms with van der Waals surface area (Å²) in [6.07, 6.45) is 2.93. The predicted octanol–water partition coefficient (Wildman–Crippen LogP) is -0.420. The van der Waals surface area contributed by atoms with Gasteiger partial charge in [0.05, 0.1) is 6.26 Å². The zero-order valence-electron chi connectivity index (χ0n) is 8.41. The summed E-state index contributed by atoms with van der Waals surface area (Å²) in [5.41, 5.74) is 4.69. The fraction of sp³-hybridized carbons (Fsp3) is 0.875. The molecule has 0 bridgehead atoms. The molecule has 6 heteroatoms. The first-order valence-corrected chi connectivity index (χ1v) is 6.39. The van der Waals surface area contributed by atoms with E-state index >= 15 is 0 Å². The fourth-order valence-electron chi connectivity index (χ4n) is 1.87. The molecular weight excluding hydrogens is 204 g/mol. The van der Waals surface area contributed by atoms with Crippen LogP contribution in [0.4, 0.5) is 0 Å². The zero-order valence-corrected chi connectivity index (χ0v) is 9.23. The molecule has 3 N–H and O–H groups in total. The van der Waals surface area contributed by atoms with Crippen LogP contribution in [0.2, 0.25) is 0 Å². The average Bonchev–Trinajstić information content (AvgIpc) is 2.29. The number of sulfonamides is 1. The van der Waals surface area contributed by atoms with Crippen molar-refractivity contribution in [3.05, 3.63) is 0 Å². The topological polar surface area (TPSA) is 89.3 Å². The van der Waals surface area contributed by atoms with Gasteiger partial charge in [-0.3, -0.25) is 4.79 Å². The largest absolute Gasteiger partial charge is 0.369 e. The summed E-state index contributed by atoms with van der Waals surface area (Å²) in [6.45, 7) is 1.78. The van der Waals surface area contributed by atoms with E-state index in [1.165, 1.54) is 0 Å². The van der Waals surface area contributed by atoms with Crippen molar-refractivity contribution in [2.24, 2.45) is 11.1 Å². The highest BCUT2D eigenvalue weighted by atomic mass is 32.2. The molecule has 2 atom stereocenters. The van der Waals surface area contributed by atoms with Crippen LogP contribution in [0.1, 0.15) is 26.2 Å². The summed E-state index contributed by atoms with van der Waals surface area (Å²) < 4.78 is 24.4. The van der Waals surface area contributed by atoms with Gasteiger partial charge in [0.25, 0.3) is 0 Å². The molecule has 5 nitrogen and oxygen atoms in total. The van der Waals surface area contributed by atoms with Crippen LogP contribution in [0.25, 0.3) is 0 Å². The summed E-state index contributed by atoms with van der Waals surface area (Å²) in [4.78, 5) is 11.1. The van der Waals surface area contributed by atoms with Crippen LogP contribution in [0.3, 0.4) is 0 Å². The van der Waals surface area contributed by atoms with E-state index in [4.69, 9.17) is 5.73 Å².